The summed E-state index contributed by atoms with van der Waals surface area (Å²) in [6.45, 7) is 2.80. The summed E-state index contributed by atoms with van der Waals surface area (Å²) in [6, 6.07) is 12.5. The lowest BCUT2D eigenvalue weighted by molar-refractivity contribution is -0.113. The normalized spacial score (nSPS) is 11.5. The van der Waals surface area contributed by atoms with E-state index in [0.29, 0.717) is 6.54 Å². The second-order valence-electron chi connectivity index (χ2n) is 8.19. The molecule has 0 fully saturated rings. The predicted molar refractivity (Wildman–Crippen MR) is 131 cm³/mol. The Bertz CT molecular complexity index is 1290. The van der Waals surface area contributed by atoms with E-state index >= 15 is 0 Å². The Morgan fingerprint density at radius 3 is 2.62 bits per heavy atom. The van der Waals surface area contributed by atoms with Crippen LogP contribution in [0.15, 0.2) is 73.3 Å². The number of aromatic nitrogens is 3. The van der Waals surface area contributed by atoms with Gasteiger partial charge in [-0.2, -0.15) is 0 Å². The molecular formula is C26H27N5O. The zero-order valence-corrected chi connectivity index (χ0v) is 18.8. The molecule has 0 aliphatic heterocycles. The maximum absolute atomic E-state index is 12.5. The van der Waals surface area contributed by atoms with Gasteiger partial charge < -0.3 is 14.8 Å². The molecule has 1 N–H and O–H groups in total. The van der Waals surface area contributed by atoms with Crippen LogP contribution in [0.1, 0.15) is 5.56 Å². The molecule has 0 saturated heterocycles. The molecular weight excluding hydrogens is 398 g/mol. The van der Waals surface area contributed by atoms with Crippen LogP contribution in [0.3, 0.4) is 0 Å². The van der Waals surface area contributed by atoms with Crippen molar-refractivity contribution >= 4 is 22.6 Å². The van der Waals surface area contributed by atoms with Crippen molar-refractivity contribution in [3.63, 3.8) is 0 Å². The second-order valence-corrected chi connectivity index (χ2v) is 8.19. The molecule has 0 bridgehead atoms. The van der Waals surface area contributed by atoms with Gasteiger partial charge in [0.25, 0.3) is 0 Å². The summed E-state index contributed by atoms with van der Waals surface area (Å²) in [5.41, 5.74) is 6.90. The quantitative estimate of drug-likeness (QED) is 0.456. The SMILES string of the molecule is Cc1cccc(-c2c[nH]c3ncc(-c4cncc(N(C)C(=O)/C=C/CN(C)C)c4)cc23)c1. The van der Waals surface area contributed by atoms with Gasteiger partial charge in [-0.05, 0) is 38.7 Å². The summed E-state index contributed by atoms with van der Waals surface area (Å²) in [5.74, 6) is -0.0910. The number of fused-ring (bicyclic) bond motifs is 1. The molecule has 0 saturated carbocycles. The van der Waals surface area contributed by atoms with E-state index in [9.17, 15) is 4.79 Å². The van der Waals surface area contributed by atoms with E-state index in [4.69, 9.17) is 0 Å². The van der Waals surface area contributed by atoms with Gasteiger partial charge in [0, 0.05) is 60.3 Å². The first-order valence-corrected chi connectivity index (χ1v) is 10.5. The number of amides is 1. The van der Waals surface area contributed by atoms with Crippen LogP contribution in [0.5, 0.6) is 0 Å². The van der Waals surface area contributed by atoms with Crippen LogP contribution in [0.25, 0.3) is 33.3 Å². The van der Waals surface area contributed by atoms with E-state index in [0.717, 1.165) is 39.0 Å². The minimum atomic E-state index is -0.0910. The van der Waals surface area contributed by atoms with Gasteiger partial charge in [0.05, 0.1) is 11.9 Å². The number of rotatable bonds is 6. The maximum atomic E-state index is 12.5. The molecule has 6 heteroatoms. The van der Waals surface area contributed by atoms with E-state index < -0.39 is 0 Å². The number of aromatic amines is 1. The van der Waals surface area contributed by atoms with Crippen molar-refractivity contribution in [2.45, 2.75) is 6.92 Å². The first kappa shape index (κ1) is 21.5. The zero-order valence-electron chi connectivity index (χ0n) is 18.8. The molecule has 0 aliphatic carbocycles. The van der Waals surface area contributed by atoms with Gasteiger partial charge in [0.1, 0.15) is 5.65 Å². The van der Waals surface area contributed by atoms with Crippen molar-refractivity contribution < 1.29 is 4.79 Å². The van der Waals surface area contributed by atoms with Crippen molar-refractivity contribution in [3.8, 4) is 22.3 Å². The molecule has 0 radical (unpaired) electrons. The molecule has 0 unspecified atom stereocenters. The molecule has 6 nitrogen and oxygen atoms in total. The number of carbonyl (C=O) groups excluding carboxylic acids is 1. The summed E-state index contributed by atoms with van der Waals surface area (Å²) < 4.78 is 0. The third kappa shape index (κ3) is 4.60. The summed E-state index contributed by atoms with van der Waals surface area (Å²) in [4.78, 5) is 28.4. The van der Waals surface area contributed by atoms with Crippen LogP contribution in [0.4, 0.5) is 5.69 Å². The van der Waals surface area contributed by atoms with Crippen molar-refractivity contribution in [2.75, 3.05) is 32.6 Å². The van der Waals surface area contributed by atoms with Crippen LogP contribution in [0, 0.1) is 6.92 Å². The number of carbonyl (C=O) groups is 1. The third-order valence-electron chi connectivity index (χ3n) is 5.37. The number of hydrogen-bond acceptors (Lipinski definition) is 4. The number of benzene rings is 1. The van der Waals surface area contributed by atoms with Gasteiger partial charge >= 0.3 is 0 Å². The maximum Gasteiger partial charge on any atom is 0.250 e. The molecule has 4 aromatic rings. The van der Waals surface area contributed by atoms with Gasteiger partial charge in [0.15, 0.2) is 0 Å². The van der Waals surface area contributed by atoms with E-state index in [1.54, 1.807) is 30.4 Å². The summed E-state index contributed by atoms with van der Waals surface area (Å²) >= 11 is 0. The van der Waals surface area contributed by atoms with E-state index in [1.807, 2.05) is 43.5 Å². The standard InChI is InChI=1S/C26H27N5O/c1-18-7-5-8-19(11-18)24-17-29-26-23(24)13-21(15-28-26)20-12-22(16-27-14-20)31(4)25(32)9-6-10-30(2)3/h5-9,11-17H,10H2,1-4H3,(H,28,29)/b9-6+. The fraction of sp³-hybridized carbons (Fsp3) is 0.192. The molecule has 1 aromatic carbocycles. The van der Waals surface area contributed by atoms with Gasteiger partial charge in [-0.1, -0.05) is 35.9 Å². The van der Waals surface area contributed by atoms with Gasteiger partial charge in [-0.3, -0.25) is 9.78 Å². The lowest BCUT2D eigenvalue weighted by Crippen LogP contribution is -2.24. The highest BCUT2D eigenvalue weighted by molar-refractivity contribution is 6.01. The number of likely N-dealkylation sites (N-methyl/N-ethyl adjacent to an activating group) is 2. The Morgan fingerprint density at radius 2 is 1.84 bits per heavy atom. The van der Waals surface area contributed by atoms with Crippen molar-refractivity contribution in [1.29, 1.82) is 0 Å². The molecule has 162 valence electrons. The highest BCUT2D eigenvalue weighted by atomic mass is 16.2. The number of H-pyrrole nitrogens is 1. The third-order valence-corrected chi connectivity index (χ3v) is 5.37. The van der Waals surface area contributed by atoms with Gasteiger partial charge in [-0.25, -0.2) is 4.98 Å². The smallest absolute Gasteiger partial charge is 0.250 e. The topological polar surface area (TPSA) is 65.1 Å². The zero-order chi connectivity index (χ0) is 22.7. The minimum Gasteiger partial charge on any atom is -0.346 e. The number of aryl methyl sites for hydroxylation is 1. The van der Waals surface area contributed by atoms with Crippen LogP contribution in [0.2, 0.25) is 0 Å². The molecule has 0 spiro atoms. The average Bonchev–Trinajstić information content (AvgIpc) is 3.21. The summed E-state index contributed by atoms with van der Waals surface area (Å²) in [5, 5.41) is 1.05. The molecule has 0 atom stereocenters. The van der Waals surface area contributed by atoms with Gasteiger partial charge in [-0.15, -0.1) is 0 Å². The predicted octanol–water partition coefficient (Wildman–Crippen LogP) is 4.68. The Hall–Kier alpha value is -3.77. The van der Waals surface area contributed by atoms with Crippen LogP contribution in [-0.2, 0) is 4.79 Å². The minimum absolute atomic E-state index is 0.0910. The van der Waals surface area contributed by atoms with Crippen LogP contribution in [-0.4, -0.2) is 53.4 Å². The van der Waals surface area contributed by atoms with Crippen LogP contribution < -0.4 is 4.90 Å². The molecule has 1 amide bonds. The molecule has 3 aromatic heterocycles. The highest BCUT2D eigenvalue weighted by Gasteiger charge is 2.12. The molecule has 3 heterocycles. The fourth-order valence-corrected chi connectivity index (χ4v) is 3.59. The Balaban J connectivity index is 1.66. The molecule has 32 heavy (non-hydrogen) atoms. The first-order valence-electron chi connectivity index (χ1n) is 10.5. The Labute approximate surface area is 188 Å². The van der Waals surface area contributed by atoms with Crippen molar-refractivity contribution in [3.05, 3.63) is 78.9 Å². The Kier molecular flexibility index (Phi) is 6.14. The monoisotopic (exact) mass is 425 g/mol. The average molecular weight is 426 g/mol. The molecule has 0 aliphatic rings. The lowest BCUT2D eigenvalue weighted by Gasteiger charge is -2.16. The number of hydrogen-bond donors (Lipinski definition) is 1. The Morgan fingerprint density at radius 1 is 1.03 bits per heavy atom. The van der Waals surface area contributed by atoms with E-state index in [1.165, 1.54) is 5.56 Å². The summed E-state index contributed by atoms with van der Waals surface area (Å²) in [6.07, 6.45) is 10.8. The number of anilines is 1. The van der Waals surface area contributed by atoms with Crippen molar-refractivity contribution in [2.24, 2.45) is 0 Å². The largest absolute Gasteiger partial charge is 0.346 e. The van der Waals surface area contributed by atoms with E-state index in [2.05, 4.69) is 52.2 Å². The number of nitrogens with zero attached hydrogens (tertiary/aromatic N) is 4. The fourth-order valence-electron chi connectivity index (χ4n) is 3.59. The first-order chi connectivity index (χ1) is 15.4. The highest BCUT2D eigenvalue weighted by Crippen LogP contribution is 2.32. The number of pyridine rings is 2. The van der Waals surface area contributed by atoms with Gasteiger partial charge in [0.2, 0.25) is 5.91 Å². The second kappa shape index (κ2) is 9.16. The summed E-state index contributed by atoms with van der Waals surface area (Å²) in [7, 11) is 5.68. The van der Waals surface area contributed by atoms with Crippen LogP contribution >= 0.6 is 0 Å². The number of nitrogens with one attached hydrogen (secondary N) is 1. The lowest BCUT2D eigenvalue weighted by atomic mass is 10.0. The van der Waals surface area contributed by atoms with Crippen molar-refractivity contribution in [1.82, 2.24) is 19.9 Å². The van der Waals surface area contributed by atoms with E-state index in [-0.39, 0.29) is 5.91 Å². The molecule has 4 rings (SSSR count).